The molecule has 1 saturated heterocycles. The monoisotopic (exact) mass is 369 g/mol. The molecule has 2 aromatic rings. The summed E-state index contributed by atoms with van der Waals surface area (Å²) in [4.78, 5) is 25.8. The Morgan fingerprint density at radius 2 is 1.74 bits per heavy atom. The predicted octanol–water partition coefficient (Wildman–Crippen LogP) is 3.61. The summed E-state index contributed by atoms with van der Waals surface area (Å²) in [6, 6.07) is 8.42. The van der Waals surface area contributed by atoms with Gasteiger partial charge in [0, 0.05) is 30.9 Å². The molecule has 0 bridgehead atoms. The summed E-state index contributed by atoms with van der Waals surface area (Å²) >= 11 is 0. The number of nitrogens with one attached hydrogen (secondary N) is 1. The van der Waals surface area contributed by atoms with Crippen LogP contribution in [0.2, 0.25) is 0 Å². The highest BCUT2D eigenvalue weighted by Crippen LogP contribution is 2.29. The molecule has 0 aliphatic carbocycles. The fourth-order valence-corrected chi connectivity index (χ4v) is 3.46. The van der Waals surface area contributed by atoms with E-state index in [4.69, 9.17) is 4.74 Å². The van der Waals surface area contributed by atoms with Crippen molar-refractivity contribution in [3.63, 3.8) is 0 Å². The lowest BCUT2D eigenvalue weighted by Gasteiger charge is -2.30. The normalized spacial score (nSPS) is 14.1. The number of hydrogen-bond donors (Lipinski definition) is 1. The molecule has 2 aromatic carbocycles. The maximum absolute atomic E-state index is 13.1. The minimum Gasteiger partial charge on any atom is -0.378 e. The lowest BCUT2D eigenvalue weighted by molar-refractivity contribution is -0.384. The van der Waals surface area contributed by atoms with Crippen LogP contribution >= 0.6 is 0 Å². The summed E-state index contributed by atoms with van der Waals surface area (Å²) in [6.45, 7) is 8.28. The zero-order valence-electron chi connectivity index (χ0n) is 15.7. The smallest absolute Gasteiger partial charge is 0.270 e. The zero-order valence-corrected chi connectivity index (χ0v) is 15.7. The number of anilines is 2. The quantitative estimate of drug-likeness (QED) is 0.657. The van der Waals surface area contributed by atoms with Crippen molar-refractivity contribution in [2.75, 3.05) is 36.5 Å². The van der Waals surface area contributed by atoms with E-state index in [-0.39, 0.29) is 11.6 Å². The van der Waals surface area contributed by atoms with Crippen LogP contribution in [0.25, 0.3) is 0 Å². The molecule has 0 unspecified atom stereocenters. The molecule has 27 heavy (non-hydrogen) atoms. The van der Waals surface area contributed by atoms with Crippen LogP contribution < -0.4 is 10.2 Å². The van der Waals surface area contributed by atoms with E-state index in [0.717, 1.165) is 22.4 Å². The Hall–Kier alpha value is -2.93. The fraction of sp³-hybridized carbons (Fsp3) is 0.350. The molecule has 7 nitrogen and oxygen atoms in total. The molecule has 0 spiro atoms. The molecule has 0 saturated carbocycles. The Balaban J connectivity index is 1.99. The van der Waals surface area contributed by atoms with E-state index >= 15 is 0 Å². The molecule has 1 heterocycles. The van der Waals surface area contributed by atoms with Gasteiger partial charge < -0.3 is 15.0 Å². The van der Waals surface area contributed by atoms with Crippen LogP contribution in [0, 0.1) is 30.9 Å². The standard InChI is InChI=1S/C20H23N3O4/c1-13-10-14(2)19(15(3)11-13)21-20(24)17-12-16(23(25)26)4-5-18(17)22-6-8-27-9-7-22/h4-5,10-12H,6-9H2,1-3H3,(H,21,24). The van der Waals surface area contributed by atoms with Gasteiger partial charge in [-0.15, -0.1) is 0 Å². The molecule has 0 aromatic heterocycles. The Morgan fingerprint density at radius 3 is 2.33 bits per heavy atom. The van der Waals surface area contributed by atoms with Crippen molar-refractivity contribution in [1.29, 1.82) is 0 Å². The summed E-state index contributed by atoms with van der Waals surface area (Å²) in [5.74, 6) is -0.352. The highest BCUT2D eigenvalue weighted by Gasteiger charge is 2.22. The summed E-state index contributed by atoms with van der Waals surface area (Å²) < 4.78 is 5.37. The Labute approximate surface area is 158 Å². The van der Waals surface area contributed by atoms with Crippen LogP contribution in [0.5, 0.6) is 0 Å². The Kier molecular flexibility index (Phi) is 5.41. The first-order valence-electron chi connectivity index (χ1n) is 8.87. The number of nitro groups is 1. The molecule has 3 rings (SSSR count). The highest BCUT2D eigenvalue weighted by atomic mass is 16.6. The van der Waals surface area contributed by atoms with Gasteiger partial charge in [0.25, 0.3) is 11.6 Å². The van der Waals surface area contributed by atoms with Crippen molar-refractivity contribution >= 4 is 23.0 Å². The van der Waals surface area contributed by atoms with Gasteiger partial charge in [-0.2, -0.15) is 0 Å². The number of morpholine rings is 1. The van der Waals surface area contributed by atoms with E-state index in [2.05, 4.69) is 5.32 Å². The van der Waals surface area contributed by atoms with Gasteiger partial charge in [0.2, 0.25) is 0 Å². The van der Waals surface area contributed by atoms with Crippen LogP contribution in [-0.2, 0) is 4.74 Å². The third-order valence-electron chi connectivity index (χ3n) is 4.70. The third-order valence-corrected chi connectivity index (χ3v) is 4.70. The summed E-state index contributed by atoms with van der Waals surface area (Å²) in [5.41, 5.74) is 4.65. The molecule has 1 aliphatic heterocycles. The first kappa shape index (κ1) is 18.8. The number of nitro benzene ring substituents is 1. The largest absolute Gasteiger partial charge is 0.378 e. The number of carbonyl (C=O) groups excluding carboxylic acids is 1. The van der Waals surface area contributed by atoms with Crippen LogP contribution in [0.1, 0.15) is 27.0 Å². The average molecular weight is 369 g/mol. The van der Waals surface area contributed by atoms with Crippen molar-refractivity contribution in [2.24, 2.45) is 0 Å². The molecule has 1 amide bonds. The summed E-state index contributed by atoms with van der Waals surface area (Å²) in [6.07, 6.45) is 0. The van der Waals surface area contributed by atoms with Crippen molar-refractivity contribution in [3.05, 3.63) is 62.7 Å². The average Bonchev–Trinajstić information content (AvgIpc) is 2.64. The number of benzene rings is 2. The second kappa shape index (κ2) is 7.75. The molecule has 7 heteroatoms. The first-order chi connectivity index (χ1) is 12.9. The van der Waals surface area contributed by atoms with E-state index in [0.29, 0.717) is 37.6 Å². The minimum absolute atomic E-state index is 0.102. The first-order valence-corrected chi connectivity index (χ1v) is 8.87. The number of amides is 1. The van der Waals surface area contributed by atoms with Crippen molar-refractivity contribution in [3.8, 4) is 0 Å². The maximum atomic E-state index is 13.1. The molecule has 1 N–H and O–H groups in total. The molecule has 1 fully saturated rings. The Bertz CT molecular complexity index is 866. The second-order valence-corrected chi connectivity index (χ2v) is 6.79. The summed E-state index contributed by atoms with van der Waals surface area (Å²) in [5, 5.41) is 14.2. The highest BCUT2D eigenvalue weighted by molar-refractivity contribution is 6.09. The van der Waals surface area contributed by atoms with Gasteiger partial charge in [0.15, 0.2) is 0 Å². The number of nitrogens with zero attached hydrogens (tertiary/aromatic N) is 2. The second-order valence-electron chi connectivity index (χ2n) is 6.79. The Morgan fingerprint density at radius 1 is 1.11 bits per heavy atom. The molecular formula is C20H23N3O4. The lowest BCUT2D eigenvalue weighted by atomic mass is 10.0. The van der Waals surface area contributed by atoms with Gasteiger partial charge in [0.05, 0.1) is 29.4 Å². The topological polar surface area (TPSA) is 84.7 Å². The van der Waals surface area contributed by atoms with E-state index in [1.165, 1.54) is 12.1 Å². The van der Waals surface area contributed by atoms with Gasteiger partial charge in [-0.25, -0.2) is 0 Å². The van der Waals surface area contributed by atoms with Gasteiger partial charge in [-0.05, 0) is 38.0 Å². The van der Waals surface area contributed by atoms with E-state index in [1.807, 2.05) is 37.8 Å². The van der Waals surface area contributed by atoms with Crippen molar-refractivity contribution < 1.29 is 14.5 Å². The summed E-state index contributed by atoms with van der Waals surface area (Å²) in [7, 11) is 0. The number of hydrogen-bond acceptors (Lipinski definition) is 5. The molecular weight excluding hydrogens is 346 g/mol. The lowest BCUT2D eigenvalue weighted by Crippen LogP contribution is -2.37. The van der Waals surface area contributed by atoms with Crippen molar-refractivity contribution in [1.82, 2.24) is 0 Å². The van der Waals surface area contributed by atoms with Gasteiger partial charge in [-0.1, -0.05) is 17.7 Å². The molecule has 142 valence electrons. The molecule has 0 atom stereocenters. The van der Waals surface area contributed by atoms with Gasteiger partial charge >= 0.3 is 0 Å². The van der Waals surface area contributed by atoms with Crippen LogP contribution in [0.3, 0.4) is 0 Å². The maximum Gasteiger partial charge on any atom is 0.270 e. The minimum atomic E-state index is -0.484. The van der Waals surface area contributed by atoms with Crippen LogP contribution in [-0.4, -0.2) is 37.1 Å². The predicted molar refractivity (Wildman–Crippen MR) is 105 cm³/mol. The third kappa shape index (κ3) is 4.09. The van der Waals surface area contributed by atoms with E-state index in [9.17, 15) is 14.9 Å². The van der Waals surface area contributed by atoms with Crippen LogP contribution in [0.4, 0.5) is 17.1 Å². The number of non-ortho nitro benzene ring substituents is 1. The molecule has 0 radical (unpaired) electrons. The van der Waals surface area contributed by atoms with Gasteiger partial charge in [-0.3, -0.25) is 14.9 Å². The number of ether oxygens (including phenoxy) is 1. The van der Waals surface area contributed by atoms with Crippen LogP contribution in [0.15, 0.2) is 30.3 Å². The number of carbonyl (C=O) groups is 1. The van der Waals surface area contributed by atoms with Crippen molar-refractivity contribution in [2.45, 2.75) is 20.8 Å². The fourth-order valence-electron chi connectivity index (χ4n) is 3.46. The number of rotatable bonds is 4. The van der Waals surface area contributed by atoms with E-state index < -0.39 is 4.92 Å². The van der Waals surface area contributed by atoms with Gasteiger partial charge in [0.1, 0.15) is 0 Å². The zero-order chi connectivity index (χ0) is 19.6. The molecule has 1 aliphatic rings. The SMILES string of the molecule is Cc1cc(C)c(NC(=O)c2cc([N+](=O)[O-])ccc2N2CCOCC2)c(C)c1. The van der Waals surface area contributed by atoms with E-state index in [1.54, 1.807) is 6.07 Å². The number of aryl methyl sites for hydroxylation is 3.